The van der Waals surface area contributed by atoms with Crippen molar-refractivity contribution in [2.24, 2.45) is 0 Å². The topological polar surface area (TPSA) is 93.4 Å². The Morgan fingerprint density at radius 3 is 2.60 bits per heavy atom. The first kappa shape index (κ1) is 18.0. The standard InChI is InChI=1S/C16H21N5O2S2/c1-10-7-21(8-11(2)23-10)13-5-3-12(4-6-13)18-14(22)9-24-16-20-19-15(17)25-16/h3-6,10-11H,7-9H2,1-2H3,(H2,17,19)(H,18,22)/t10-,11-/m0/s1. The number of hydrogen-bond donors (Lipinski definition) is 2. The van der Waals surface area contributed by atoms with Crippen LogP contribution in [0.4, 0.5) is 16.5 Å². The van der Waals surface area contributed by atoms with Gasteiger partial charge >= 0.3 is 0 Å². The molecule has 0 unspecified atom stereocenters. The summed E-state index contributed by atoms with van der Waals surface area (Å²) in [5.41, 5.74) is 7.44. The van der Waals surface area contributed by atoms with Crippen LogP contribution in [0.15, 0.2) is 28.6 Å². The maximum Gasteiger partial charge on any atom is 0.234 e. The van der Waals surface area contributed by atoms with Crippen molar-refractivity contribution in [1.82, 2.24) is 10.2 Å². The van der Waals surface area contributed by atoms with E-state index in [9.17, 15) is 4.79 Å². The summed E-state index contributed by atoms with van der Waals surface area (Å²) < 4.78 is 6.45. The lowest BCUT2D eigenvalue weighted by molar-refractivity contribution is -0.113. The summed E-state index contributed by atoms with van der Waals surface area (Å²) in [6, 6.07) is 7.90. The molecule has 0 radical (unpaired) electrons. The highest BCUT2D eigenvalue weighted by molar-refractivity contribution is 8.01. The highest BCUT2D eigenvalue weighted by atomic mass is 32.2. The van der Waals surface area contributed by atoms with E-state index in [0.29, 0.717) is 9.47 Å². The molecule has 0 aliphatic carbocycles. The monoisotopic (exact) mass is 379 g/mol. The molecular formula is C16H21N5O2S2. The molecule has 1 aliphatic heterocycles. The zero-order chi connectivity index (χ0) is 17.8. The first-order valence-corrected chi connectivity index (χ1v) is 9.82. The molecular weight excluding hydrogens is 358 g/mol. The summed E-state index contributed by atoms with van der Waals surface area (Å²) in [5.74, 6) is 0.189. The third-order valence-electron chi connectivity index (χ3n) is 3.68. The molecule has 134 valence electrons. The Labute approximate surface area is 154 Å². The van der Waals surface area contributed by atoms with Gasteiger partial charge in [0.05, 0.1) is 18.0 Å². The fraction of sp³-hybridized carbons (Fsp3) is 0.438. The van der Waals surface area contributed by atoms with Gasteiger partial charge in [-0.3, -0.25) is 4.79 Å². The summed E-state index contributed by atoms with van der Waals surface area (Å²) in [7, 11) is 0. The zero-order valence-corrected chi connectivity index (χ0v) is 15.8. The molecule has 0 saturated carbocycles. The Balaban J connectivity index is 1.52. The van der Waals surface area contributed by atoms with E-state index in [1.807, 2.05) is 24.3 Å². The second kappa shape index (κ2) is 8.03. The minimum atomic E-state index is -0.0832. The number of carbonyl (C=O) groups is 1. The SMILES string of the molecule is C[C@H]1CN(c2ccc(NC(=O)CSc3nnc(N)s3)cc2)C[C@H](C)O1. The number of rotatable bonds is 5. The molecule has 3 rings (SSSR count). The van der Waals surface area contributed by atoms with Gasteiger partial charge in [-0.15, -0.1) is 10.2 Å². The number of hydrogen-bond acceptors (Lipinski definition) is 8. The number of carbonyl (C=O) groups excluding carboxylic acids is 1. The van der Waals surface area contributed by atoms with Gasteiger partial charge in [0.2, 0.25) is 11.0 Å². The lowest BCUT2D eigenvalue weighted by Gasteiger charge is -2.36. The maximum absolute atomic E-state index is 12.0. The molecule has 1 amide bonds. The number of nitrogens with one attached hydrogen (secondary N) is 1. The second-order valence-electron chi connectivity index (χ2n) is 5.95. The molecule has 2 aromatic rings. The van der Waals surface area contributed by atoms with E-state index in [1.165, 1.54) is 23.1 Å². The Morgan fingerprint density at radius 2 is 2.00 bits per heavy atom. The first-order valence-electron chi connectivity index (χ1n) is 8.01. The largest absolute Gasteiger partial charge is 0.374 e. The van der Waals surface area contributed by atoms with E-state index >= 15 is 0 Å². The zero-order valence-electron chi connectivity index (χ0n) is 14.1. The van der Waals surface area contributed by atoms with E-state index in [0.717, 1.165) is 24.5 Å². The van der Waals surface area contributed by atoms with Crippen LogP contribution in [0.2, 0.25) is 0 Å². The quantitative estimate of drug-likeness (QED) is 0.771. The number of ether oxygens (including phenoxy) is 1. The van der Waals surface area contributed by atoms with Crippen molar-refractivity contribution in [3.63, 3.8) is 0 Å². The van der Waals surface area contributed by atoms with Crippen LogP contribution in [0.3, 0.4) is 0 Å². The fourth-order valence-corrected chi connectivity index (χ4v) is 4.18. The number of thioether (sulfide) groups is 1. The predicted molar refractivity (Wildman–Crippen MR) is 102 cm³/mol. The number of nitrogens with zero attached hydrogens (tertiary/aromatic N) is 3. The van der Waals surface area contributed by atoms with E-state index in [-0.39, 0.29) is 23.9 Å². The molecule has 2 atom stereocenters. The van der Waals surface area contributed by atoms with Gasteiger partial charge in [-0.25, -0.2) is 0 Å². The van der Waals surface area contributed by atoms with Crippen molar-refractivity contribution in [2.75, 3.05) is 34.8 Å². The summed E-state index contributed by atoms with van der Waals surface area (Å²) >= 11 is 2.60. The molecule has 3 N–H and O–H groups in total. The van der Waals surface area contributed by atoms with Crippen molar-refractivity contribution in [1.29, 1.82) is 0 Å². The molecule has 1 aromatic carbocycles. The minimum Gasteiger partial charge on any atom is -0.374 e. The highest BCUT2D eigenvalue weighted by Gasteiger charge is 2.22. The van der Waals surface area contributed by atoms with Crippen molar-refractivity contribution in [3.8, 4) is 0 Å². The normalized spacial score (nSPS) is 20.5. The van der Waals surface area contributed by atoms with Crippen LogP contribution in [0, 0.1) is 0 Å². The molecule has 0 spiro atoms. The van der Waals surface area contributed by atoms with E-state index in [4.69, 9.17) is 10.5 Å². The smallest absolute Gasteiger partial charge is 0.234 e. The van der Waals surface area contributed by atoms with Crippen LogP contribution < -0.4 is 16.0 Å². The lowest BCUT2D eigenvalue weighted by Crippen LogP contribution is -2.45. The van der Waals surface area contributed by atoms with E-state index < -0.39 is 0 Å². The average molecular weight is 380 g/mol. The fourth-order valence-electron chi connectivity index (χ4n) is 2.75. The number of morpholine rings is 1. The van der Waals surface area contributed by atoms with Gasteiger partial charge in [-0.05, 0) is 38.1 Å². The average Bonchev–Trinajstić information content (AvgIpc) is 2.98. The maximum atomic E-state index is 12.0. The van der Waals surface area contributed by atoms with Gasteiger partial charge in [0.15, 0.2) is 4.34 Å². The predicted octanol–water partition coefficient (Wildman–Crippen LogP) is 2.46. The van der Waals surface area contributed by atoms with Crippen molar-refractivity contribution >= 4 is 45.5 Å². The number of amides is 1. The van der Waals surface area contributed by atoms with Crippen LogP contribution in [-0.2, 0) is 9.53 Å². The summed E-state index contributed by atoms with van der Waals surface area (Å²) in [5, 5.41) is 10.9. The molecule has 7 nitrogen and oxygen atoms in total. The molecule has 1 aliphatic rings. The van der Waals surface area contributed by atoms with Gasteiger partial charge in [-0.1, -0.05) is 23.1 Å². The second-order valence-corrected chi connectivity index (χ2v) is 8.18. The lowest BCUT2D eigenvalue weighted by atomic mass is 10.2. The summed E-state index contributed by atoms with van der Waals surface area (Å²) in [6.07, 6.45) is 0.434. The number of anilines is 3. The number of aromatic nitrogens is 2. The molecule has 1 aromatic heterocycles. The summed E-state index contributed by atoms with van der Waals surface area (Å²) in [4.78, 5) is 14.3. The molecule has 0 bridgehead atoms. The van der Waals surface area contributed by atoms with Crippen LogP contribution in [0.25, 0.3) is 0 Å². The van der Waals surface area contributed by atoms with Crippen LogP contribution in [0.1, 0.15) is 13.8 Å². The Bertz CT molecular complexity index is 712. The van der Waals surface area contributed by atoms with Crippen LogP contribution in [0.5, 0.6) is 0 Å². The van der Waals surface area contributed by atoms with Crippen molar-refractivity contribution in [2.45, 2.75) is 30.4 Å². The summed E-state index contributed by atoms with van der Waals surface area (Å²) in [6.45, 7) is 5.91. The number of nitrogen functional groups attached to an aromatic ring is 1. The minimum absolute atomic E-state index is 0.0832. The third kappa shape index (κ3) is 5.07. The van der Waals surface area contributed by atoms with Gasteiger partial charge in [0, 0.05) is 24.5 Å². The van der Waals surface area contributed by atoms with Gasteiger partial charge in [0.25, 0.3) is 0 Å². The van der Waals surface area contributed by atoms with Crippen LogP contribution >= 0.6 is 23.1 Å². The van der Waals surface area contributed by atoms with Gasteiger partial charge < -0.3 is 20.7 Å². The first-order chi connectivity index (χ1) is 12.0. The molecule has 9 heteroatoms. The number of benzene rings is 1. The Hall–Kier alpha value is -1.84. The van der Waals surface area contributed by atoms with Gasteiger partial charge in [0.1, 0.15) is 0 Å². The molecule has 2 heterocycles. The van der Waals surface area contributed by atoms with E-state index in [2.05, 4.69) is 34.3 Å². The Morgan fingerprint density at radius 1 is 1.32 bits per heavy atom. The third-order valence-corrected chi connectivity index (χ3v) is 5.57. The van der Waals surface area contributed by atoms with Crippen LogP contribution in [-0.4, -0.2) is 47.2 Å². The van der Waals surface area contributed by atoms with Crippen molar-refractivity contribution < 1.29 is 9.53 Å². The Kier molecular flexibility index (Phi) is 5.77. The van der Waals surface area contributed by atoms with Crippen molar-refractivity contribution in [3.05, 3.63) is 24.3 Å². The number of nitrogens with two attached hydrogens (primary N) is 1. The van der Waals surface area contributed by atoms with E-state index in [1.54, 1.807) is 0 Å². The molecule has 1 fully saturated rings. The van der Waals surface area contributed by atoms with Gasteiger partial charge in [-0.2, -0.15) is 0 Å². The molecule has 25 heavy (non-hydrogen) atoms. The molecule has 1 saturated heterocycles. The highest BCUT2D eigenvalue weighted by Crippen LogP contribution is 2.24.